The predicted octanol–water partition coefficient (Wildman–Crippen LogP) is 5.50. The van der Waals surface area contributed by atoms with Gasteiger partial charge in [0.15, 0.2) is 0 Å². The maximum absolute atomic E-state index is 5.97. The maximum Gasteiger partial charge on any atom is 0.329 e. The molecule has 4 heteroatoms. The smallest absolute Gasteiger partial charge is 0.329 e. The van der Waals surface area contributed by atoms with E-state index in [0.29, 0.717) is 0 Å². The molecule has 29 heavy (non-hydrogen) atoms. The highest BCUT2D eigenvalue weighted by Gasteiger charge is 2.20. The summed E-state index contributed by atoms with van der Waals surface area (Å²) in [4.78, 5) is 3.33. The van der Waals surface area contributed by atoms with Crippen molar-refractivity contribution in [1.82, 2.24) is 0 Å². The van der Waals surface area contributed by atoms with E-state index >= 15 is 0 Å². The molecule has 1 aromatic heterocycles. The van der Waals surface area contributed by atoms with Gasteiger partial charge in [0.2, 0.25) is 0 Å². The van der Waals surface area contributed by atoms with Gasteiger partial charge in [-0.1, -0.05) is 72.0 Å². The molecule has 0 saturated heterocycles. The summed E-state index contributed by atoms with van der Waals surface area (Å²) >= 11 is 1.54. The first-order valence-electron chi connectivity index (χ1n) is 9.69. The first-order chi connectivity index (χ1) is 14.1. The zero-order chi connectivity index (χ0) is 20.2. The number of aromatic nitrogens is 1. The largest absolute Gasteiger partial charge is 0.497 e. The van der Waals surface area contributed by atoms with E-state index in [1.165, 1.54) is 27.8 Å². The summed E-state index contributed by atoms with van der Waals surface area (Å²) in [5.41, 5.74) is 13.5. The number of nitrogens with two attached hydrogens (primary N) is 1. The van der Waals surface area contributed by atoms with Crippen molar-refractivity contribution >= 4 is 16.5 Å². The van der Waals surface area contributed by atoms with E-state index in [1.807, 2.05) is 12.1 Å². The highest BCUT2D eigenvalue weighted by Crippen LogP contribution is 2.30. The number of hydrogen-bond donors (Lipinski definition) is 1. The number of H-pyrrole nitrogens is 1. The van der Waals surface area contributed by atoms with Gasteiger partial charge in [-0.3, -0.25) is 5.73 Å². The van der Waals surface area contributed by atoms with Crippen molar-refractivity contribution in [1.29, 1.82) is 0 Å². The summed E-state index contributed by atoms with van der Waals surface area (Å²) in [6.07, 6.45) is 0.896. The van der Waals surface area contributed by atoms with E-state index < -0.39 is 0 Å². The first kappa shape index (κ1) is 19.2. The van der Waals surface area contributed by atoms with E-state index in [4.69, 9.17) is 10.5 Å². The molecule has 0 radical (unpaired) electrons. The Kier molecular flexibility index (Phi) is 5.63. The Balaban J connectivity index is 1.63. The zero-order valence-corrected chi connectivity index (χ0v) is 17.5. The van der Waals surface area contributed by atoms with Crippen molar-refractivity contribution in [3.8, 4) is 16.9 Å². The molecule has 0 aliphatic heterocycles. The Morgan fingerprint density at radius 1 is 0.966 bits per heavy atom. The van der Waals surface area contributed by atoms with Gasteiger partial charge in [0.1, 0.15) is 11.4 Å². The summed E-state index contributed by atoms with van der Waals surface area (Å²) < 4.78 is 5.32. The van der Waals surface area contributed by atoms with Crippen LogP contribution < -0.4 is 15.5 Å². The molecule has 146 valence electrons. The molecule has 0 saturated carbocycles. The SMILES string of the molecule is COc1ccc([C@H](Cc2ccc(-c3ccccc3C)cc2)c2csc(N)[nH+]2)cc1. The van der Waals surface area contributed by atoms with Crippen LogP contribution in [0.1, 0.15) is 28.3 Å². The lowest BCUT2D eigenvalue weighted by molar-refractivity contribution is -0.368. The molecule has 0 bridgehead atoms. The lowest BCUT2D eigenvalue weighted by Gasteiger charge is -2.15. The van der Waals surface area contributed by atoms with Gasteiger partial charge in [0, 0.05) is 5.38 Å². The van der Waals surface area contributed by atoms with E-state index in [1.54, 1.807) is 18.4 Å². The standard InChI is InChI=1S/C25H24N2OS/c1-17-5-3-4-6-22(17)19-9-7-18(8-10-19)15-23(24-16-29-25(26)27-24)20-11-13-21(28-2)14-12-20/h3-14,16,23H,15H2,1-2H3,(H2,26,27)/p+1/t23-/m0/s1. The lowest BCUT2D eigenvalue weighted by atomic mass is 9.89. The Morgan fingerprint density at radius 3 is 2.31 bits per heavy atom. The molecular weight excluding hydrogens is 376 g/mol. The van der Waals surface area contributed by atoms with Gasteiger partial charge in [-0.2, -0.15) is 0 Å². The second kappa shape index (κ2) is 8.50. The fourth-order valence-electron chi connectivity index (χ4n) is 3.69. The zero-order valence-electron chi connectivity index (χ0n) is 16.7. The van der Waals surface area contributed by atoms with Gasteiger partial charge in [0.05, 0.1) is 13.0 Å². The van der Waals surface area contributed by atoms with E-state index in [2.05, 4.69) is 78.0 Å². The quantitative estimate of drug-likeness (QED) is 0.463. The Morgan fingerprint density at radius 2 is 1.69 bits per heavy atom. The number of thiazole rings is 1. The Labute approximate surface area is 175 Å². The molecule has 0 fully saturated rings. The van der Waals surface area contributed by atoms with E-state index in [9.17, 15) is 0 Å². The van der Waals surface area contributed by atoms with E-state index in [0.717, 1.165) is 23.0 Å². The Hall–Kier alpha value is -3.11. The minimum absolute atomic E-state index is 0.207. The number of anilines is 1. The van der Waals surface area contributed by atoms with Crippen molar-refractivity contribution in [3.63, 3.8) is 0 Å². The van der Waals surface area contributed by atoms with Crippen LogP contribution in [0.5, 0.6) is 5.75 Å². The highest BCUT2D eigenvalue weighted by molar-refractivity contribution is 7.13. The molecule has 1 heterocycles. The van der Waals surface area contributed by atoms with Crippen molar-refractivity contribution in [3.05, 3.63) is 101 Å². The minimum Gasteiger partial charge on any atom is -0.497 e. The molecule has 0 aliphatic rings. The number of ether oxygens (including phenoxy) is 1. The molecule has 0 aliphatic carbocycles. The fraction of sp³-hybridized carbons (Fsp3) is 0.160. The average Bonchev–Trinajstić information content (AvgIpc) is 3.19. The first-order valence-corrected chi connectivity index (χ1v) is 10.6. The molecule has 3 aromatic carbocycles. The van der Waals surface area contributed by atoms with Crippen LogP contribution in [-0.2, 0) is 6.42 Å². The van der Waals surface area contributed by atoms with Crippen LogP contribution in [0.25, 0.3) is 11.1 Å². The molecular formula is C25H25N2OS+. The van der Waals surface area contributed by atoms with Gasteiger partial charge < -0.3 is 4.74 Å². The molecule has 3 N–H and O–H groups in total. The van der Waals surface area contributed by atoms with Crippen molar-refractivity contribution < 1.29 is 9.72 Å². The number of methoxy groups -OCH3 is 1. The lowest BCUT2D eigenvalue weighted by Crippen LogP contribution is -2.17. The second-order valence-electron chi connectivity index (χ2n) is 7.22. The van der Waals surface area contributed by atoms with Gasteiger partial charge in [0.25, 0.3) is 0 Å². The molecule has 1 atom stereocenters. The number of nitrogen functional groups attached to an aromatic ring is 1. The van der Waals surface area contributed by atoms with Crippen molar-refractivity contribution in [2.24, 2.45) is 0 Å². The third kappa shape index (κ3) is 4.33. The molecule has 3 nitrogen and oxygen atoms in total. The molecule has 0 spiro atoms. The van der Waals surface area contributed by atoms with Crippen LogP contribution in [-0.4, -0.2) is 7.11 Å². The molecule has 0 amide bonds. The van der Waals surface area contributed by atoms with E-state index in [-0.39, 0.29) is 5.92 Å². The van der Waals surface area contributed by atoms with Gasteiger partial charge in [-0.15, -0.1) is 0 Å². The van der Waals surface area contributed by atoms with Gasteiger partial charge in [-0.25, -0.2) is 4.98 Å². The van der Waals surface area contributed by atoms with Gasteiger partial charge >= 0.3 is 5.13 Å². The summed E-state index contributed by atoms with van der Waals surface area (Å²) in [5, 5.41) is 2.85. The van der Waals surface area contributed by atoms with Crippen LogP contribution in [0.2, 0.25) is 0 Å². The number of aromatic amines is 1. The summed E-state index contributed by atoms with van der Waals surface area (Å²) in [7, 11) is 1.69. The number of aryl methyl sites for hydroxylation is 1. The maximum atomic E-state index is 5.97. The van der Waals surface area contributed by atoms with Crippen LogP contribution in [0, 0.1) is 6.92 Å². The fourth-order valence-corrected chi connectivity index (χ4v) is 4.35. The van der Waals surface area contributed by atoms with Gasteiger partial charge in [-0.05, 0) is 53.3 Å². The monoisotopic (exact) mass is 401 g/mol. The molecule has 4 rings (SSSR count). The summed E-state index contributed by atoms with van der Waals surface area (Å²) in [6.45, 7) is 2.15. The highest BCUT2D eigenvalue weighted by atomic mass is 32.1. The van der Waals surface area contributed by atoms with Crippen LogP contribution in [0.15, 0.2) is 78.2 Å². The summed E-state index contributed by atoms with van der Waals surface area (Å²) in [6, 6.07) is 25.7. The number of hydrogen-bond acceptors (Lipinski definition) is 3. The summed E-state index contributed by atoms with van der Waals surface area (Å²) in [5.74, 6) is 1.07. The van der Waals surface area contributed by atoms with Crippen LogP contribution in [0.3, 0.4) is 0 Å². The van der Waals surface area contributed by atoms with Crippen LogP contribution in [0.4, 0.5) is 5.13 Å². The molecule has 4 aromatic rings. The predicted molar refractivity (Wildman–Crippen MR) is 120 cm³/mol. The number of benzene rings is 3. The Bertz CT molecular complexity index is 1080. The average molecular weight is 402 g/mol. The normalized spacial score (nSPS) is 11.9. The number of nitrogens with one attached hydrogen (secondary N) is 1. The van der Waals surface area contributed by atoms with Crippen molar-refractivity contribution in [2.45, 2.75) is 19.3 Å². The number of rotatable bonds is 6. The minimum atomic E-state index is 0.207. The molecule has 0 unspecified atom stereocenters. The third-order valence-electron chi connectivity index (χ3n) is 5.32. The van der Waals surface area contributed by atoms with Crippen LogP contribution >= 0.6 is 11.3 Å². The topological polar surface area (TPSA) is 49.4 Å². The van der Waals surface area contributed by atoms with Crippen molar-refractivity contribution in [2.75, 3.05) is 12.8 Å². The second-order valence-corrected chi connectivity index (χ2v) is 8.13. The third-order valence-corrected chi connectivity index (χ3v) is 6.05.